The second-order valence-electron chi connectivity index (χ2n) is 6.05. The molecular weight excluding hydrogens is 324 g/mol. The van der Waals surface area contributed by atoms with Gasteiger partial charge in [-0.2, -0.15) is 0 Å². The molecule has 2 fully saturated rings. The molecular formula is C18H23N2O3S+. The van der Waals surface area contributed by atoms with Crippen molar-refractivity contribution < 1.29 is 19.2 Å². The minimum absolute atomic E-state index is 0.168. The predicted octanol–water partition coefficient (Wildman–Crippen LogP) is 2.15. The third kappa shape index (κ3) is 3.82. The lowest BCUT2D eigenvalue weighted by Crippen LogP contribution is -3.14. The highest BCUT2D eigenvalue weighted by molar-refractivity contribution is 8.18. The molecule has 0 saturated carbocycles. The smallest absolute Gasteiger partial charge is 0.298 e. The number of carbonyl (C=O) groups is 2. The Hall–Kier alpha value is -1.79. The summed E-state index contributed by atoms with van der Waals surface area (Å²) in [5, 5.41) is -0.168. The third-order valence-corrected chi connectivity index (χ3v) is 5.23. The number of nitrogens with zero attached hydrogens (tertiary/aromatic N) is 1. The van der Waals surface area contributed by atoms with Crippen molar-refractivity contribution in [1.29, 1.82) is 0 Å². The maximum absolute atomic E-state index is 12.6. The van der Waals surface area contributed by atoms with Gasteiger partial charge in [-0.15, -0.1) is 0 Å². The van der Waals surface area contributed by atoms with E-state index >= 15 is 0 Å². The highest BCUT2D eigenvalue weighted by Crippen LogP contribution is 2.33. The SMILES string of the molecule is CCOc1ccccc1/C=C1/SC(=O)N(C[NH+]2CCCCC2)C1=O. The van der Waals surface area contributed by atoms with Crippen LogP contribution in [0.1, 0.15) is 31.7 Å². The van der Waals surface area contributed by atoms with Crippen LogP contribution in [0.5, 0.6) is 5.75 Å². The number of hydrogen-bond acceptors (Lipinski definition) is 4. The predicted molar refractivity (Wildman–Crippen MR) is 94.8 cm³/mol. The number of thioether (sulfide) groups is 1. The summed E-state index contributed by atoms with van der Waals surface area (Å²) in [5.74, 6) is 0.544. The van der Waals surface area contributed by atoms with Crippen LogP contribution < -0.4 is 9.64 Å². The molecule has 24 heavy (non-hydrogen) atoms. The van der Waals surface area contributed by atoms with Gasteiger partial charge in [-0.25, -0.2) is 4.90 Å². The molecule has 3 rings (SSSR count). The van der Waals surface area contributed by atoms with Gasteiger partial charge in [0, 0.05) is 5.56 Å². The second-order valence-corrected chi connectivity index (χ2v) is 7.04. The molecule has 0 aliphatic carbocycles. The highest BCUT2D eigenvalue weighted by Gasteiger charge is 2.37. The zero-order valence-electron chi connectivity index (χ0n) is 13.9. The molecule has 0 atom stereocenters. The maximum Gasteiger partial charge on any atom is 0.298 e. The Bertz CT molecular complexity index is 653. The number of carbonyl (C=O) groups excluding carboxylic acids is 2. The summed E-state index contributed by atoms with van der Waals surface area (Å²) in [6.07, 6.45) is 5.35. The average Bonchev–Trinajstić information content (AvgIpc) is 2.85. The molecule has 2 saturated heterocycles. The van der Waals surface area contributed by atoms with Gasteiger partial charge >= 0.3 is 0 Å². The van der Waals surface area contributed by atoms with Gasteiger partial charge in [0.2, 0.25) is 0 Å². The van der Waals surface area contributed by atoms with Crippen LogP contribution in [0.25, 0.3) is 6.08 Å². The van der Waals surface area contributed by atoms with E-state index in [1.54, 1.807) is 6.08 Å². The molecule has 5 nitrogen and oxygen atoms in total. The first-order valence-electron chi connectivity index (χ1n) is 8.50. The Morgan fingerprint density at radius 1 is 1.21 bits per heavy atom. The van der Waals surface area contributed by atoms with Crippen LogP contribution in [0.2, 0.25) is 0 Å². The molecule has 0 radical (unpaired) electrons. The number of benzene rings is 1. The molecule has 0 aromatic heterocycles. The van der Waals surface area contributed by atoms with Crippen molar-refractivity contribution in [2.24, 2.45) is 0 Å². The van der Waals surface area contributed by atoms with E-state index in [4.69, 9.17) is 4.74 Å². The van der Waals surface area contributed by atoms with Crippen molar-refractivity contribution in [3.63, 3.8) is 0 Å². The van der Waals surface area contributed by atoms with E-state index in [1.165, 1.54) is 29.1 Å². The number of ether oxygens (including phenoxy) is 1. The number of nitrogens with one attached hydrogen (secondary N) is 1. The van der Waals surface area contributed by atoms with E-state index in [-0.39, 0.29) is 11.1 Å². The van der Waals surface area contributed by atoms with E-state index in [1.807, 2.05) is 31.2 Å². The molecule has 2 amide bonds. The van der Waals surface area contributed by atoms with Crippen molar-refractivity contribution in [3.05, 3.63) is 34.7 Å². The van der Waals surface area contributed by atoms with Gasteiger partial charge in [-0.05, 0) is 50.1 Å². The average molecular weight is 347 g/mol. The fraction of sp³-hybridized carbons (Fsp3) is 0.444. The molecule has 0 bridgehead atoms. The highest BCUT2D eigenvalue weighted by atomic mass is 32.2. The summed E-state index contributed by atoms with van der Waals surface area (Å²) in [6.45, 7) is 5.04. The molecule has 1 N–H and O–H groups in total. The first-order chi connectivity index (χ1) is 11.7. The number of imide groups is 1. The molecule has 6 heteroatoms. The summed E-state index contributed by atoms with van der Waals surface area (Å²) >= 11 is 1.02. The summed E-state index contributed by atoms with van der Waals surface area (Å²) in [4.78, 5) is 28.1. The molecule has 2 aliphatic rings. The molecule has 1 aromatic carbocycles. The zero-order chi connectivity index (χ0) is 16.9. The summed E-state index contributed by atoms with van der Waals surface area (Å²) in [5.41, 5.74) is 0.829. The molecule has 0 unspecified atom stereocenters. The Morgan fingerprint density at radius 3 is 2.71 bits per heavy atom. The summed E-state index contributed by atoms with van der Waals surface area (Å²) in [6, 6.07) is 7.57. The van der Waals surface area contributed by atoms with E-state index in [9.17, 15) is 9.59 Å². The van der Waals surface area contributed by atoms with Gasteiger partial charge in [-0.3, -0.25) is 9.59 Å². The lowest BCUT2D eigenvalue weighted by atomic mass is 10.1. The third-order valence-electron chi connectivity index (χ3n) is 4.32. The van der Waals surface area contributed by atoms with Crippen LogP contribution in [-0.2, 0) is 4.79 Å². The van der Waals surface area contributed by atoms with Crippen molar-refractivity contribution in [2.75, 3.05) is 26.4 Å². The van der Waals surface area contributed by atoms with Crippen LogP contribution >= 0.6 is 11.8 Å². The number of para-hydroxylation sites is 1. The first-order valence-corrected chi connectivity index (χ1v) is 9.31. The Labute approximate surface area is 146 Å². The second kappa shape index (κ2) is 7.85. The van der Waals surface area contributed by atoms with Gasteiger partial charge < -0.3 is 9.64 Å². The summed E-state index contributed by atoms with van der Waals surface area (Å²) in [7, 11) is 0. The fourth-order valence-corrected chi connectivity index (χ4v) is 3.93. The van der Waals surface area contributed by atoms with Crippen molar-refractivity contribution in [3.8, 4) is 5.75 Å². The standard InChI is InChI=1S/C18H22N2O3S/c1-2-23-15-9-5-4-8-14(15)12-16-17(21)20(18(22)24-16)13-19-10-6-3-7-11-19/h4-5,8-9,12H,2-3,6-7,10-11,13H2,1H3/p+1/b16-12+. The fourth-order valence-electron chi connectivity index (χ4n) is 3.10. The monoisotopic (exact) mass is 347 g/mol. The topological polar surface area (TPSA) is 51.0 Å². The van der Waals surface area contributed by atoms with E-state index in [2.05, 4.69) is 0 Å². The molecule has 128 valence electrons. The van der Waals surface area contributed by atoms with Gasteiger partial charge in [0.05, 0.1) is 24.6 Å². The van der Waals surface area contributed by atoms with Crippen LogP contribution in [-0.4, -0.2) is 42.4 Å². The number of piperidine rings is 1. The Balaban J connectivity index is 1.75. The van der Waals surface area contributed by atoms with Crippen LogP contribution in [0, 0.1) is 0 Å². The van der Waals surface area contributed by atoms with Gasteiger partial charge in [0.15, 0.2) is 6.67 Å². The van der Waals surface area contributed by atoms with Crippen LogP contribution in [0.15, 0.2) is 29.2 Å². The largest absolute Gasteiger partial charge is 0.493 e. The van der Waals surface area contributed by atoms with Crippen molar-refractivity contribution >= 4 is 29.0 Å². The number of rotatable bonds is 5. The molecule has 2 heterocycles. The van der Waals surface area contributed by atoms with Gasteiger partial charge in [0.1, 0.15) is 5.75 Å². The lowest BCUT2D eigenvalue weighted by Gasteiger charge is -2.26. The van der Waals surface area contributed by atoms with Crippen LogP contribution in [0.4, 0.5) is 4.79 Å². The number of quaternary nitrogens is 1. The first kappa shape index (κ1) is 17.0. The van der Waals surface area contributed by atoms with Gasteiger partial charge in [0.25, 0.3) is 11.1 Å². The Kier molecular flexibility index (Phi) is 5.58. The minimum atomic E-state index is -0.186. The van der Waals surface area contributed by atoms with Crippen molar-refractivity contribution in [2.45, 2.75) is 26.2 Å². The zero-order valence-corrected chi connectivity index (χ0v) is 14.7. The van der Waals surface area contributed by atoms with Crippen LogP contribution in [0.3, 0.4) is 0 Å². The molecule has 0 spiro atoms. The normalized spacial score (nSPS) is 20.9. The Morgan fingerprint density at radius 2 is 1.96 bits per heavy atom. The van der Waals surface area contributed by atoms with E-state index in [0.717, 1.165) is 36.2 Å². The molecule has 1 aromatic rings. The lowest BCUT2D eigenvalue weighted by molar-refractivity contribution is -0.912. The van der Waals surface area contributed by atoms with Gasteiger partial charge in [-0.1, -0.05) is 18.2 Å². The number of likely N-dealkylation sites (tertiary alicyclic amines) is 1. The summed E-state index contributed by atoms with van der Waals surface area (Å²) < 4.78 is 5.59. The minimum Gasteiger partial charge on any atom is -0.493 e. The quantitative estimate of drug-likeness (QED) is 0.829. The number of amides is 2. The van der Waals surface area contributed by atoms with E-state index in [0.29, 0.717) is 18.2 Å². The molecule has 2 aliphatic heterocycles. The number of hydrogen-bond donors (Lipinski definition) is 1. The maximum atomic E-state index is 12.6. The van der Waals surface area contributed by atoms with Crippen molar-refractivity contribution in [1.82, 2.24) is 4.90 Å². The van der Waals surface area contributed by atoms with E-state index < -0.39 is 0 Å².